The number of aromatic nitrogens is 1. The molecule has 0 spiro atoms. The number of ether oxygens (including phenoxy) is 1. The minimum atomic E-state index is -0.497. The Morgan fingerprint density at radius 3 is 2.80 bits per heavy atom. The van der Waals surface area contributed by atoms with Gasteiger partial charge in [0, 0.05) is 18.1 Å². The predicted molar refractivity (Wildman–Crippen MR) is 79.8 cm³/mol. The summed E-state index contributed by atoms with van der Waals surface area (Å²) in [4.78, 5) is 15.8. The highest BCUT2D eigenvalue weighted by Crippen LogP contribution is 2.22. The van der Waals surface area contributed by atoms with Gasteiger partial charge in [0.05, 0.1) is 10.5 Å². The lowest BCUT2D eigenvalue weighted by atomic mass is 10.1. The van der Waals surface area contributed by atoms with Crippen molar-refractivity contribution in [2.45, 2.75) is 32.9 Å². The lowest BCUT2D eigenvalue weighted by Gasteiger charge is -2.19. The van der Waals surface area contributed by atoms with Crippen molar-refractivity contribution >= 4 is 28.6 Å². The third-order valence-corrected chi connectivity index (χ3v) is 2.92. The van der Waals surface area contributed by atoms with Crippen LogP contribution in [-0.4, -0.2) is 16.7 Å². The molecule has 0 aliphatic carbocycles. The summed E-state index contributed by atoms with van der Waals surface area (Å²) in [5, 5.41) is 4.28. The van der Waals surface area contributed by atoms with Crippen LogP contribution in [0.5, 0.6) is 0 Å². The van der Waals surface area contributed by atoms with E-state index < -0.39 is 11.7 Å². The molecule has 1 heterocycles. The van der Waals surface area contributed by atoms with Gasteiger partial charge in [-0.3, -0.25) is 4.98 Å². The number of hydrogen-bond acceptors (Lipinski definition) is 3. The fraction of sp³-hybridized carbons (Fsp3) is 0.333. The van der Waals surface area contributed by atoms with Crippen molar-refractivity contribution in [1.82, 2.24) is 10.3 Å². The minimum absolute atomic E-state index is 0.388. The molecule has 4 nitrogen and oxygen atoms in total. The average Bonchev–Trinajstić information content (AvgIpc) is 2.34. The van der Waals surface area contributed by atoms with Crippen molar-refractivity contribution in [3.63, 3.8) is 0 Å². The molecule has 20 heavy (non-hydrogen) atoms. The van der Waals surface area contributed by atoms with Crippen LogP contribution in [0, 0.1) is 0 Å². The van der Waals surface area contributed by atoms with Crippen LogP contribution < -0.4 is 5.32 Å². The van der Waals surface area contributed by atoms with Gasteiger partial charge in [-0.05, 0) is 38.5 Å². The molecule has 0 saturated heterocycles. The molecular weight excluding hydrogens is 276 g/mol. The van der Waals surface area contributed by atoms with Crippen LogP contribution in [0.2, 0.25) is 5.02 Å². The van der Waals surface area contributed by atoms with Gasteiger partial charge in [0.1, 0.15) is 5.60 Å². The quantitative estimate of drug-likeness (QED) is 0.913. The Balaban J connectivity index is 2.06. The van der Waals surface area contributed by atoms with Crippen molar-refractivity contribution in [1.29, 1.82) is 0 Å². The second kappa shape index (κ2) is 5.67. The van der Waals surface area contributed by atoms with Gasteiger partial charge >= 0.3 is 6.09 Å². The SMILES string of the molecule is CC(C)(C)OC(=O)NCc1ccc2c(Cl)ccnc2c1. The summed E-state index contributed by atoms with van der Waals surface area (Å²) in [6.45, 7) is 5.87. The maximum Gasteiger partial charge on any atom is 0.407 e. The van der Waals surface area contributed by atoms with Crippen molar-refractivity contribution in [3.8, 4) is 0 Å². The molecule has 2 aromatic rings. The standard InChI is InChI=1S/C15H17ClN2O2/c1-15(2,3)20-14(19)18-9-10-4-5-11-12(16)6-7-17-13(11)8-10/h4-8H,9H2,1-3H3,(H,18,19). The van der Waals surface area contributed by atoms with Gasteiger partial charge in [-0.15, -0.1) is 0 Å². The normalized spacial score (nSPS) is 11.4. The number of hydrogen-bond donors (Lipinski definition) is 1. The van der Waals surface area contributed by atoms with Crippen molar-refractivity contribution in [3.05, 3.63) is 41.0 Å². The molecule has 5 heteroatoms. The predicted octanol–water partition coefficient (Wildman–Crippen LogP) is 3.91. The Morgan fingerprint density at radius 2 is 2.10 bits per heavy atom. The topological polar surface area (TPSA) is 51.2 Å². The van der Waals surface area contributed by atoms with Crippen LogP contribution in [0.3, 0.4) is 0 Å². The van der Waals surface area contributed by atoms with Crippen LogP contribution in [0.15, 0.2) is 30.5 Å². The number of benzene rings is 1. The number of nitrogens with one attached hydrogen (secondary N) is 1. The molecule has 1 N–H and O–H groups in total. The van der Waals surface area contributed by atoms with Gasteiger partial charge in [0.15, 0.2) is 0 Å². The first-order chi connectivity index (χ1) is 9.35. The van der Waals surface area contributed by atoms with E-state index in [9.17, 15) is 4.79 Å². The lowest BCUT2D eigenvalue weighted by molar-refractivity contribution is 0.0523. The van der Waals surface area contributed by atoms with E-state index in [1.54, 1.807) is 12.3 Å². The van der Waals surface area contributed by atoms with E-state index in [2.05, 4.69) is 10.3 Å². The Kier molecular flexibility index (Phi) is 4.14. The molecule has 0 saturated carbocycles. The van der Waals surface area contributed by atoms with E-state index in [0.717, 1.165) is 16.5 Å². The lowest BCUT2D eigenvalue weighted by Crippen LogP contribution is -2.32. The van der Waals surface area contributed by atoms with Crippen molar-refractivity contribution < 1.29 is 9.53 Å². The van der Waals surface area contributed by atoms with Gasteiger partial charge < -0.3 is 10.1 Å². The third-order valence-electron chi connectivity index (χ3n) is 2.59. The zero-order valence-electron chi connectivity index (χ0n) is 11.7. The number of halogens is 1. The molecule has 0 fully saturated rings. The summed E-state index contributed by atoms with van der Waals surface area (Å²) < 4.78 is 5.18. The molecular formula is C15H17ClN2O2. The zero-order chi connectivity index (χ0) is 14.8. The van der Waals surface area contributed by atoms with Crippen LogP contribution in [0.1, 0.15) is 26.3 Å². The average molecular weight is 293 g/mol. The highest BCUT2D eigenvalue weighted by molar-refractivity contribution is 6.35. The van der Waals surface area contributed by atoms with Crippen LogP contribution in [0.4, 0.5) is 4.79 Å². The van der Waals surface area contributed by atoms with E-state index in [0.29, 0.717) is 11.6 Å². The van der Waals surface area contributed by atoms with Crippen LogP contribution in [-0.2, 0) is 11.3 Å². The molecule has 0 bridgehead atoms. The molecule has 1 aromatic heterocycles. The molecule has 0 atom stereocenters. The fourth-order valence-electron chi connectivity index (χ4n) is 1.76. The van der Waals surface area contributed by atoms with Gasteiger partial charge in [-0.1, -0.05) is 23.7 Å². The molecule has 0 aliphatic rings. The van der Waals surface area contributed by atoms with Gasteiger partial charge in [0.25, 0.3) is 0 Å². The molecule has 0 unspecified atom stereocenters. The Hall–Kier alpha value is -1.81. The van der Waals surface area contributed by atoms with E-state index in [-0.39, 0.29) is 0 Å². The number of rotatable bonds is 2. The molecule has 1 amide bonds. The number of pyridine rings is 1. The molecule has 1 aromatic carbocycles. The van der Waals surface area contributed by atoms with Gasteiger partial charge in [0.2, 0.25) is 0 Å². The Bertz CT molecular complexity index is 635. The van der Waals surface area contributed by atoms with Crippen molar-refractivity contribution in [2.75, 3.05) is 0 Å². The maximum atomic E-state index is 11.6. The first-order valence-corrected chi connectivity index (χ1v) is 6.73. The Morgan fingerprint density at radius 1 is 1.35 bits per heavy atom. The van der Waals surface area contributed by atoms with E-state index in [4.69, 9.17) is 16.3 Å². The summed E-state index contributed by atoms with van der Waals surface area (Å²) >= 11 is 6.08. The van der Waals surface area contributed by atoms with E-state index in [1.807, 2.05) is 39.0 Å². The largest absolute Gasteiger partial charge is 0.444 e. The van der Waals surface area contributed by atoms with Crippen LogP contribution >= 0.6 is 11.6 Å². The Labute approximate surface area is 123 Å². The molecule has 2 rings (SSSR count). The first-order valence-electron chi connectivity index (χ1n) is 6.35. The number of amides is 1. The molecule has 0 radical (unpaired) electrons. The van der Waals surface area contributed by atoms with E-state index >= 15 is 0 Å². The first kappa shape index (κ1) is 14.6. The van der Waals surface area contributed by atoms with Gasteiger partial charge in [-0.2, -0.15) is 0 Å². The van der Waals surface area contributed by atoms with Crippen molar-refractivity contribution in [2.24, 2.45) is 0 Å². The minimum Gasteiger partial charge on any atom is -0.444 e. The summed E-state index contributed by atoms with van der Waals surface area (Å²) in [5.41, 5.74) is 1.25. The summed E-state index contributed by atoms with van der Waals surface area (Å²) in [6, 6.07) is 7.46. The summed E-state index contributed by atoms with van der Waals surface area (Å²) in [7, 11) is 0. The third kappa shape index (κ3) is 3.84. The molecule has 0 aliphatic heterocycles. The zero-order valence-corrected chi connectivity index (χ0v) is 12.5. The number of carbonyl (C=O) groups is 1. The van der Waals surface area contributed by atoms with Gasteiger partial charge in [-0.25, -0.2) is 4.79 Å². The molecule has 106 valence electrons. The fourth-order valence-corrected chi connectivity index (χ4v) is 1.97. The van der Waals surface area contributed by atoms with E-state index in [1.165, 1.54) is 0 Å². The summed E-state index contributed by atoms with van der Waals surface area (Å²) in [5.74, 6) is 0. The smallest absolute Gasteiger partial charge is 0.407 e. The highest BCUT2D eigenvalue weighted by atomic mass is 35.5. The second-order valence-electron chi connectivity index (χ2n) is 5.50. The number of fused-ring (bicyclic) bond motifs is 1. The summed E-state index contributed by atoms with van der Waals surface area (Å²) in [6.07, 6.45) is 1.23. The number of alkyl carbamates (subject to hydrolysis) is 1. The number of nitrogens with zero attached hydrogens (tertiary/aromatic N) is 1. The highest BCUT2D eigenvalue weighted by Gasteiger charge is 2.15. The second-order valence-corrected chi connectivity index (χ2v) is 5.91. The monoisotopic (exact) mass is 292 g/mol. The van der Waals surface area contributed by atoms with Crippen LogP contribution in [0.25, 0.3) is 10.9 Å². The number of carbonyl (C=O) groups excluding carboxylic acids is 1. The maximum absolute atomic E-state index is 11.6.